The summed E-state index contributed by atoms with van der Waals surface area (Å²) in [5.41, 5.74) is 1.25. The fourth-order valence-corrected chi connectivity index (χ4v) is 2.34. The number of nitrogens with one attached hydrogen (secondary N) is 1. The van der Waals surface area contributed by atoms with Gasteiger partial charge in [0.2, 0.25) is 11.6 Å². The molecule has 0 saturated heterocycles. The first-order valence-corrected chi connectivity index (χ1v) is 6.75. The molecular weight excluding hydrogens is 308 g/mol. The maximum Gasteiger partial charge on any atom is 0.229 e. The van der Waals surface area contributed by atoms with Gasteiger partial charge >= 0.3 is 0 Å². The minimum Gasteiger partial charge on any atom is -0.376 e. The number of pyridine rings is 1. The van der Waals surface area contributed by atoms with Crippen LogP contribution in [-0.4, -0.2) is 22.1 Å². The minimum atomic E-state index is -0.314. The zero-order valence-electron chi connectivity index (χ0n) is 11.3. The van der Waals surface area contributed by atoms with Gasteiger partial charge in [-0.1, -0.05) is 0 Å². The SMILES string of the molecule is Cc1ccc2c(n1)C(=O)C(NC(C)(C)C)=C(Br)C2=O. The fraction of sp³-hybridized carbons (Fsp3) is 0.357. The molecule has 19 heavy (non-hydrogen) atoms. The fourth-order valence-electron chi connectivity index (χ4n) is 1.85. The van der Waals surface area contributed by atoms with Gasteiger partial charge in [-0.25, -0.2) is 4.98 Å². The largest absolute Gasteiger partial charge is 0.376 e. The molecule has 1 aliphatic rings. The molecule has 1 N–H and O–H groups in total. The molecule has 1 heterocycles. The third kappa shape index (κ3) is 2.61. The molecule has 5 heteroatoms. The molecule has 4 nitrogen and oxygen atoms in total. The van der Waals surface area contributed by atoms with Crippen LogP contribution in [0.25, 0.3) is 0 Å². The lowest BCUT2D eigenvalue weighted by Gasteiger charge is -2.26. The maximum absolute atomic E-state index is 12.4. The molecular formula is C14H15BrN2O2. The highest BCUT2D eigenvalue weighted by molar-refractivity contribution is 9.12. The van der Waals surface area contributed by atoms with Gasteiger partial charge in [-0.3, -0.25) is 9.59 Å². The van der Waals surface area contributed by atoms with E-state index in [1.165, 1.54) is 0 Å². The van der Waals surface area contributed by atoms with E-state index in [1.807, 2.05) is 20.8 Å². The van der Waals surface area contributed by atoms with Crippen LogP contribution in [0.1, 0.15) is 47.3 Å². The number of carbonyl (C=O) groups excluding carboxylic acids is 2. The topological polar surface area (TPSA) is 59.1 Å². The number of carbonyl (C=O) groups is 2. The lowest BCUT2D eigenvalue weighted by molar-refractivity contribution is 0.0967. The van der Waals surface area contributed by atoms with Gasteiger partial charge in [-0.15, -0.1) is 0 Å². The molecule has 0 aromatic carbocycles. The Kier molecular flexibility index (Phi) is 3.34. The van der Waals surface area contributed by atoms with Gasteiger partial charge in [0.1, 0.15) is 11.4 Å². The number of halogens is 1. The third-order valence-electron chi connectivity index (χ3n) is 2.64. The molecule has 1 aliphatic carbocycles. The highest BCUT2D eigenvalue weighted by Crippen LogP contribution is 2.28. The molecule has 0 bridgehead atoms. The van der Waals surface area contributed by atoms with Crippen molar-refractivity contribution >= 4 is 27.5 Å². The van der Waals surface area contributed by atoms with E-state index in [-0.39, 0.29) is 33.0 Å². The Morgan fingerprint density at radius 3 is 2.37 bits per heavy atom. The van der Waals surface area contributed by atoms with Gasteiger partial charge < -0.3 is 5.32 Å². The van der Waals surface area contributed by atoms with Crippen molar-refractivity contribution in [2.45, 2.75) is 33.2 Å². The molecule has 1 aromatic heterocycles. The number of rotatable bonds is 1. The number of allylic oxidation sites excluding steroid dienone is 2. The number of aryl methyl sites for hydroxylation is 1. The Hall–Kier alpha value is -1.49. The third-order valence-corrected chi connectivity index (χ3v) is 3.40. The van der Waals surface area contributed by atoms with Crippen molar-refractivity contribution in [3.63, 3.8) is 0 Å². The predicted molar refractivity (Wildman–Crippen MR) is 76.5 cm³/mol. The number of aromatic nitrogens is 1. The molecule has 2 rings (SSSR count). The second-order valence-corrected chi connectivity index (χ2v) is 6.36. The number of hydrogen-bond donors (Lipinski definition) is 1. The predicted octanol–water partition coefficient (Wildman–Crippen LogP) is 2.76. The summed E-state index contributed by atoms with van der Waals surface area (Å²) in [6.07, 6.45) is 0. The van der Waals surface area contributed by atoms with Crippen LogP contribution in [-0.2, 0) is 0 Å². The van der Waals surface area contributed by atoms with Crippen LogP contribution >= 0.6 is 15.9 Å². The first-order valence-electron chi connectivity index (χ1n) is 5.96. The normalized spacial score (nSPS) is 15.6. The van der Waals surface area contributed by atoms with Crippen LogP contribution in [0.15, 0.2) is 22.3 Å². The van der Waals surface area contributed by atoms with E-state index in [4.69, 9.17) is 0 Å². The lowest BCUT2D eigenvalue weighted by atomic mass is 9.95. The summed E-state index contributed by atoms with van der Waals surface area (Å²) in [6, 6.07) is 3.37. The lowest BCUT2D eigenvalue weighted by Crippen LogP contribution is -2.40. The van der Waals surface area contributed by atoms with Crippen molar-refractivity contribution in [2.24, 2.45) is 0 Å². The van der Waals surface area contributed by atoms with E-state index >= 15 is 0 Å². The Bertz CT molecular complexity index is 612. The summed E-state index contributed by atoms with van der Waals surface area (Å²) in [5, 5.41) is 3.07. The molecule has 1 aromatic rings. The van der Waals surface area contributed by atoms with Crippen molar-refractivity contribution in [3.8, 4) is 0 Å². The minimum absolute atomic E-state index is 0.214. The van der Waals surface area contributed by atoms with Crippen LogP contribution in [0.5, 0.6) is 0 Å². The number of fused-ring (bicyclic) bond motifs is 1. The highest BCUT2D eigenvalue weighted by Gasteiger charge is 2.33. The Balaban J connectivity index is 2.56. The first kappa shape index (κ1) is 13.9. The van der Waals surface area contributed by atoms with Crippen molar-refractivity contribution in [1.82, 2.24) is 10.3 Å². The molecule has 0 atom stereocenters. The van der Waals surface area contributed by atoms with Gasteiger partial charge in [-0.2, -0.15) is 0 Å². The summed E-state index contributed by atoms with van der Waals surface area (Å²) in [4.78, 5) is 28.9. The second-order valence-electron chi connectivity index (χ2n) is 5.57. The number of hydrogen-bond acceptors (Lipinski definition) is 4. The zero-order chi connectivity index (χ0) is 14.4. The van der Waals surface area contributed by atoms with Crippen molar-refractivity contribution in [2.75, 3.05) is 0 Å². The molecule has 0 fully saturated rings. The van der Waals surface area contributed by atoms with E-state index < -0.39 is 0 Å². The quantitative estimate of drug-likeness (QED) is 0.863. The standard InChI is InChI=1S/C14H15BrN2O2/c1-7-5-6-8-10(16-7)13(19)11(9(15)12(8)18)17-14(2,3)4/h5-6,17H,1-4H3. The van der Waals surface area contributed by atoms with Gasteiger partial charge in [0.15, 0.2) is 0 Å². The smallest absolute Gasteiger partial charge is 0.229 e. The van der Waals surface area contributed by atoms with Crippen LogP contribution in [0.3, 0.4) is 0 Å². The average Bonchev–Trinajstić information content (AvgIpc) is 2.30. The summed E-state index contributed by atoms with van der Waals surface area (Å²) < 4.78 is 0.269. The van der Waals surface area contributed by atoms with Gasteiger partial charge in [-0.05, 0) is 55.8 Å². The molecule has 0 saturated carbocycles. The Morgan fingerprint density at radius 2 is 1.79 bits per heavy atom. The van der Waals surface area contributed by atoms with E-state index in [1.54, 1.807) is 19.1 Å². The summed E-state index contributed by atoms with van der Waals surface area (Å²) in [6.45, 7) is 7.58. The summed E-state index contributed by atoms with van der Waals surface area (Å²) >= 11 is 3.22. The second kappa shape index (κ2) is 4.56. The van der Waals surface area contributed by atoms with Gasteiger partial charge in [0, 0.05) is 11.2 Å². The molecule has 0 amide bonds. The van der Waals surface area contributed by atoms with Crippen molar-refractivity contribution < 1.29 is 9.59 Å². The molecule has 0 radical (unpaired) electrons. The van der Waals surface area contributed by atoms with Crippen LogP contribution in [0, 0.1) is 6.92 Å². The Labute approximate surface area is 120 Å². The van der Waals surface area contributed by atoms with Crippen LogP contribution < -0.4 is 5.32 Å². The molecule has 100 valence electrons. The van der Waals surface area contributed by atoms with E-state index in [0.29, 0.717) is 11.3 Å². The van der Waals surface area contributed by atoms with Gasteiger partial charge in [0.25, 0.3) is 0 Å². The number of ketones is 2. The van der Waals surface area contributed by atoms with Crippen molar-refractivity contribution in [1.29, 1.82) is 0 Å². The van der Waals surface area contributed by atoms with Gasteiger partial charge in [0.05, 0.1) is 10.0 Å². The van der Waals surface area contributed by atoms with E-state index in [9.17, 15) is 9.59 Å². The Morgan fingerprint density at radius 1 is 1.16 bits per heavy atom. The molecule has 0 spiro atoms. The molecule has 0 aliphatic heterocycles. The zero-order valence-corrected chi connectivity index (χ0v) is 12.9. The highest BCUT2D eigenvalue weighted by atomic mass is 79.9. The average molecular weight is 323 g/mol. The van der Waals surface area contributed by atoms with Crippen LogP contribution in [0.4, 0.5) is 0 Å². The molecule has 0 unspecified atom stereocenters. The van der Waals surface area contributed by atoms with Crippen molar-refractivity contribution in [3.05, 3.63) is 39.3 Å². The monoisotopic (exact) mass is 322 g/mol. The van der Waals surface area contributed by atoms with E-state index in [0.717, 1.165) is 0 Å². The maximum atomic E-state index is 12.4. The number of nitrogens with zero attached hydrogens (tertiary/aromatic N) is 1. The number of Topliss-reactive ketones (excluding diaryl/α,β-unsaturated/α-hetero) is 2. The van der Waals surface area contributed by atoms with E-state index in [2.05, 4.69) is 26.2 Å². The first-order chi connectivity index (χ1) is 8.70. The summed E-state index contributed by atoms with van der Waals surface area (Å²) in [5.74, 6) is -0.464. The summed E-state index contributed by atoms with van der Waals surface area (Å²) in [7, 11) is 0. The van der Waals surface area contributed by atoms with Crippen LogP contribution in [0.2, 0.25) is 0 Å².